The van der Waals surface area contributed by atoms with E-state index in [9.17, 15) is 72.5 Å². The van der Waals surface area contributed by atoms with Crippen LogP contribution in [0, 0.1) is 5.92 Å². The lowest BCUT2D eigenvalue weighted by atomic mass is 9.99. The zero-order chi connectivity index (χ0) is 99.0. The lowest BCUT2D eigenvalue weighted by Crippen LogP contribution is -2.62. The number of primary amides is 4. The van der Waals surface area contributed by atoms with Crippen molar-refractivity contribution in [1.29, 1.82) is 0 Å². The van der Waals surface area contributed by atoms with Gasteiger partial charge in [-0.15, -0.1) is 0 Å². The van der Waals surface area contributed by atoms with Crippen molar-refractivity contribution in [1.82, 2.24) is 89.7 Å². The van der Waals surface area contributed by atoms with Crippen molar-refractivity contribution in [3.05, 3.63) is 174 Å². The molecule has 0 aliphatic heterocycles. The van der Waals surface area contributed by atoms with Gasteiger partial charge in [0.05, 0.1) is 6.10 Å². The van der Waals surface area contributed by atoms with Crippen molar-refractivity contribution in [2.45, 2.75) is 209 Å². The van der Waals surface area contributed by atoms with Crippen molar-refractivity contribution < 1.29 is 96.5 Å². The van der Waals surface area contributed by atoms with Crippen LogP contribution >= 0.6 is 25.3 Å². The number of aromatic nitrogens is 2. The van der Waals surface area contributed by atoms with Gasteiger partial charge in [0, 0.05) is 117 Å². The van der Waals surface area contributed by atoms with E-state index in [1.807, 2.05) is 0 Å². The number of aromatic hydroxyl groups is 1. The number of urea groups is 1. The Labute approximate surface area is 789 Å². The fourth-order valence-electron chi connectivity index (χ4n) is 14.5. The van der Waals surface area contributed by atoms with E-state index in [0.29, 0.717) is 69.0 Å². The minimum Gasteiger partial charge on any atom is -0.508 e. The summed E-state index contributed by atoms with van der Waals surface area (Å²) >= 11 is 8.51. The van der Waals surface area contributed by atoms with Crippen molar-refractivity contribution in [2.24, 2.45) is 34.6 Å². The molecule has 7 aromatic rings. The van der Waals surface area contributed by atoms with Gasteiger partial charge in [-0.3, -0.25) is 81.5 Å². The number of phenols is 1. The van der Waals surface area contributed by atoms with Gasteiger partial charge in [-0.05, 0) is 116 Å². The molecule has 2 heterocycles. The summed E-state index contributed by atoms with van der Waals surface area (Å²) < 4.78 is 0. The number of fused-ring (bicyclic) bond motifs is 2. The van der Waals surface area contributed by atoms with Gasteiger partial charge in [-0.2, -0.15) is 25.3 Å². The summed E-state index contributed by atoms with van der Waals surface area (Å²) in [5, 5.41) is 61.4. The Morgan fingerprint density at radius 1 is 0.356 bits per heavy atom. The van der Waals surface area contributed by atoms with E-state index in [4.69, 9.17) is 28.7 Å². The van der Waals surface area contributed by atoms with Crippen molar-refractivity contribution in [3.63, 3.8) is 0 Å². The highest BCUT2D eigenvalue weighted by Gasteiger charge is 2.40. The van der Waals surface area contributed by atoms with E-state index >= 15 is 24.0 Å². The van der Waals surface area contributed by atoms with Crippen LogP contribution in [-0.4, -0.2) is 242 Å². The van der Waals surface area contributed by atoms with E-state index in [1.54, 1.807) is 129 Å². The number of aliphatic hydroxyl groups is 1. The Hall–Kier alpha value is -14.1. The number of H-pyrrole nitrogens is 2. The molecule has 44 heteroatoms. The number of nitrogens with two attached hydrogens (primary N) is 5. The normalized spacial score (nSPS) is 14.3. The zero-order valence-corrected chi connectivity index (χ0v) is 77.0. The molecule has 7 rings (SSSR count). The number of hydrogen-bond acceptors (Lipinski definition) is 23. The quantitative estimate of drug-likeness (QED) is 0.0135. The van der Waals surface area contributed by atoms with Gasteiger partial charge in [0.1, 0.15) is 84.3 Å². The largest absolute Gasteiger partial charge is 0.508 e. The van der Waals surface area contributed by atoms with Crippen LogP contribution in [0.25, 0.3) is 21.8 Å². The van der Waals surface area contributed by atoms with Crippen LogP contribution < -0.4 is 108 Å². The van der Waals surface area contributed by atoms with Crippen LogP contribution in [0.2, 0.25) is 0 Å². The van der Waals surface area contributed by atoms with E-state index in [0.717, 1.165) is 13.8 Å². The first-order chi connectivity index (χ1) is 64.3. The number of carbonyl (C=O) groups excluding carboxylic acids is 18. The van der Waals surface area contributed by atoms with E-state index in [-0.39, 0.29) is 76.0 Å². The molecular formula is C91H122N22O20S2. The van der Waals surface area contributed by atoms with Crippen LogP contribution in [0.5, 0.6) is 5.75 Å². The number of para-hydroxylation sites is 2. The molecule has 0 aliphatic rings. The molecule has 2 aromatic heterocycles. The number of aliphatic hydroxyl groups excluding tert-OH is 1. The molecule has 0 aliphatic carbocycles. The summed E-state index contributed by atoms with van der Waals surface area (Å²) in [5.41, 5.74) is 31.2. The first-order valence-corrected chi connectivity index (χ1v) is 45.2. The fraction of sp³-hybridized carbons (Fsp3) is 0.429. The van der Waals surface area contributed by atoms with Gasteiger partial charge in [0.15, 0.2) is 0 Å². The van der Waals surface area contributed by atoms with Gasteiger partial charge in [0.25, 0.3) is 0 Å². The predicted octanol–water partition coefficient (Wildman–Crippen LogP) is -2.81. The Balaban J connectivity index is 1.16. The van der Waals surface area contributed by atoms with Gasteiger partial charge in [-0.1, -0.05) is 123 Å². The van der Waals surface area contributed by atoms with Gasteiger partial charge in [-0.25, -0.2) is 4.79 Å². The third kappa shape index (κ3) is 35.7. The highest BCUT2D eigenvalue weighted by Crippen LogP contribution is 2.23. The van der Waals surface area contributed by atoms with Crippen molar-refractivity contribution in [2.75, 3.05) is 31.1 Å². The third-order valence-electron chi connectivity index (χ3n) is 21.8. The molecule has 0 spiro atoms. The fourth-order valence-corrected chi connectivity index (χ4v) is 15.0. The third-order valence-corrected chi connectivity index (χ3v) is 22.5. The number of hydrogen-bond donors (Lipinski definition) is 26. The molecule has 0 bridgehead atoms. The molecule has 29 N–H and O–H groups in total. The van der Waals surface area contributed by atoms with Gasteiger partial charge < -0.3 is 129 Å². The summed E-state index contributed by atoms with van der Waals surface area (Å²) in [6.45, 7) is 5.42. The second kappa shape index (κ2) is 54.8. The molecule has 728 valence electrons. The number of carbonyl (C=O) groups is 18. The van der Waals surface area contributed by atoms with E-state index in [2.05, 4.69) is 115 Å². The molecule has 42 nitrogen and oxygen atoms in total. The summed E-state index contributed by atoms with van der Waals surface area (Å²) in [7, 11) is 0. The smallest absolute Gasteiger partial charge is 0.312 e. The number of benzene rings is 5. The average Bonchev–Trinajstić information content (AvgIpc) is 1.70. The standard InChI is InChI=1S/C91H122N22O20S2/c1-49(2)76(89(131)109-68(41-53-20-9-6-10-21-53)84(126)106-66(40-52-18-7-5-8-19-52)79(121)97-39-36-75(119)102-62(78(95)120)26-15-16-37-92)112-81(123)63(27-17-38-98-91(96)133)103-85(127)69(43-55-45-99-60-24-13-11-22-58(55)60)108-83(125)67(42-54-28-30-57(116)31-29-54)107-88(130)72(48-135)111-80(122)64(32-34-73(93)117)104-86(128)70(44-56-46-100-61-25-14-12-23-59(56)61)110-90(132)77(50(3)114)113-82(124)65(33-35-74(94)118)105-87(129)71(47-134)101-51(4)115/h5-14,18-25,28-31,45-46,49-50,62-72,76-77,99-100,114,116,134-135H,15-17,26-27,32-44,47-48,92H2,1-4H3,(H2,93,117)(H2,94,118)(H2,95,120)(H,97,121)(H,101,115)(H,102,119)(H,103,127)(H,104,128)(H,105,129)(H,106,126)(H,107,130)(H,108,125)(H,109,131)(H,110,132)(H,111,122)(H,112,123)(H,113,124)(H3,96,98,133)/t50-,62-,63+,64+,65+,66-,67+,68+,69+,70+,71+,72+,76+,77+/m1/s1. The molecule has 0 unspecified atom stereocenters. The number of thiol groups is 2. The number of nitrogens with one attached hydrogen (secondary N) is 17. The number of unbranched alkanes of at least 4 members (excludes halogenated alkanes) is 1. The maximum absolute atomic E-state index is 15.5. The van der Waals surface area contributed by atoms with Crippen LogP contribution in [0.15, 0.2) is 146 Å². The van der Waals surface area contributed by atoms with Gasteiger partial charge in [0.2, 0.25) is 100 Å². The van der Waals surface area contributed by atoms with Crippen LogP contribution in [0.4, 0.5) is 4.79 Å². The molecule has 19 amide bonds. The first kappa shape index (κ1) is 108. The second-order valence-corrected chi connectivity index (χ2v) is 33.5. The molecule has 14 atom stereocenters. The van der Waals surface area contributed by atoms with Crippen molar-refractivity contribution >= 4 is 154 Å². The summed E-state index contributed by atoms with van der Waals surface area (Å²) in [5.74, 6) is -17.7. The Morgan fingerprint density at radius 2 is 0.719 bits per heavy atom. The second-order valence-electron chi connectivity index (χ2n) is 32.8. The lowest BCUT2D eigenvalue weighted by Gasteiger charge is -2.29. The maximum atomic E-state index is 15.5. The summed E-state index contributed by atoms with van der Waals surface area (Å²) in [6, 6.07) is 15.1. The Bertz CT molecular complexity index is 5260. The molecule has 0 saturated heterocycles. The number of aromatic amines is 2. The summed E-state index contributed by atoms with van der Waals surface area (Å²) in [6.07, 6.45) is -1.27. The van der Waals surface area contributed by atoms with E-state index in [1.165, 1.54) is 30.5 Å². The number of rotatable bonds is 57. The molecule has 0 radical (unpaired) electrons. The molecule has 135 heavy (non-hydrogen) atoms. The minimum absolute atomic E-state index is 0.0488. The molecule has 0 fully saturated rings. The number of phenolic OH excluding ortho intramolecular Hbond substituents is 1. The Kier molecular flexibility index (Phi) is 43.8. The predicted molar refractivity (Wildman–Crippen MR) is 505 cm³/mol. The van der Waals surface area contributed by atoms with Crippen LogP contribution in [0.1, 0.15) is 120 Å². The SMILES string of the molecule is CC(=O)N[C@@H](CS)C(=O)N[C@@H](CCC(N)=O)C(=O)N[C@H](C(=O)N[C@@H](Cc1c[nH]c2ccccc12)C(=O)N[C@@H](CCC(N)=O)C(=O)N[C@@H](CS)C(=O)N[C@@H](Cc1ccc(O)cc1)C(=O)N[C@@H](Cc1c[nH]c2ccccc12)C(=O)N[C@@H](CCCNC(N)=O)C(=O)N[C@H](C(=O)N[C@@H](Cc1ccccc1)C(=O)N[C@H](Cc1ccccc1)C(=O)NCCC(=O)N[C@H](CCCCN)C(N)=O)C(C)C)[C@@H](C)O. The van der Waals surface area contributed by atoms with E-state index < -0.39 is 235 Å². The average molecular weight is 1910 g/mol. The lowest BCUT2D eigenvalue weighted by molar-refractivity contribution is -0.137. The number of amides is 19. The van der Waals surface area contributed by atoms with Gasteiger partial charge >= 0.3 is 6.03 Å². The molecule has 5 aromatic carbocycles. The highest BCUT2D eigenvalue weighted by atomic mass is 32.1. The van der Waals surface area contributed by atoms with Crippen LogP contribution in [-0.2, 0) is 114 Å². The first-order valence-electron chi connectivity index (χ1n) is 44.0. The minimum atomic E-state index is -1.93. The monoisotopic (exact) mass is 1910 g/mol. The van der Waals surface area contributed by atoms with Crippen LogP contribution in [0.3, 0.4) is 0 Å². The summed E-state index contributed by atoms with van der Waals surface area (Å²) in [4.78, 5) is 257. The molecule has 0 saturated carbocycles. The topological polar surface area (TPSA) is 690 Å². The Morgan fingerprint density at radius 3 is 1.14 bits per heavy atom. The maximum Gasteiger partial charge on any atom is 0.312 e. The zero-order valence-electron chi connectivity index (χ0n) is 75.2. The van der Waals surface area contributed by atoms with Crippen molar-refractivity contribution in [3.8, 4) is 5.75 Å². The molecular weight excluding hydrogens is 1790 g/mol. The highest BCUT2D eigenvalue weighted by molar-refractivity contribution is 7.80.